The normalized spacial score (nSPS) is 11.3. The first-order valence-electron chi connectivity index (χ1n) is 9.90. The number of aryl methyl sites for hydroxylation is 2. The van der Waals surface area contributed by atoms with E-state index in [4.69, 9.17) is 11.6 Å². The van der Waals surface area contributed by atoms with Gasteiger partial charge in [-0.05, 0) is 69.8 Å². The van der Waals surface area contributed by atoms with E-state index in [1.165, 1.54) is 54.9 Å². The van der Waals surface area contributed by atoms with Gasteiger partial charge in [-0.15, -0.1) is 0 Å². The van der Waals surface area contributed by atoms with Crippen molar-refractivity contribution in [3.05, 3.63) is 107 Å². The molecule has 140 valence electrons. The van der Waals surface area contributed by atoms with Crippen molar-refractivity contribution in [1.29, 1.82) is 0 Å². The molecule has 1 heteroatoms. The number of hydrogen-bond donors (Lipinski definition) is 0. The summed E-state index contributed by atoms with van der Waals surface area (Å²) < 4.78 is 0. The largest absolute Gasteiger partial charge is 0.0843 e. The number of hydrogen-bond acceptors (Lipinski definition) is 0. The van der Waals surface area contributed by atoms with Crippen LogP contribution in [0.1, 0.15) is 11.1 Å². The van der Waals surface area contributed by atoms with Crippen LogP contribution < -0.4 is 0 Å². The molecule has 5 aromatic carbocycles. The van der Waals surface area contributed by atoms with Crippen molar-refractivity contribution < 1.29 is 0 Å². The molecule has 0 aliphatic carbocycles. The molecule has 0 nitrogen and oxygen atoms in total. The highest BCUT2D eigenvalue weighted by molar-refractivity contribution is 6.32. The van der Waals surface area contributed by atoms with Gasteiger partial charge in [-0.1, -0.05) is 102 Å². The summed E-state index contributed by atoms with van der Waals surface area (Å²) in [6, 6.07) is 32.5. The van der Waals surface area contributed by atoms with Crippen LogP contribution in [-0.2, 0) is 0 Å². The summed E-state index contributed by atoms with van der Waals surface area (Å²) >= 11 is 6.47. The Hall–Kier alpha value is -3.09. The Labute approximate surface area is 176 Å². The first kappa shape index (κ1) is 18.0. The summed E-state index contributed by atoms with van der Waals surface area (Å²) in [4.78, 5) is 0. The number of benzene rings is 5. The molecule has 0 aliphatic heterocycles. The summed E-state index contributed by atoms with van der Waals surface area (Å²) in [5.41, 5.74) is 7.49. The highest BCUT2D eigenvalue weighted by Crippen LogP contribution is 2.44. The monoisotopic (exact) mass is 392 g/mol. The second-order valence-corrected chi connectivity index (χ2v) is 8.15. The fourth-order valence-corrected chi connectivity index (χ4v) is 4.39. The topological polar surface area (TPSA) is 0 Å². The Morgan fingerprint density at radius 2 is 0.931 bits per heavy atom. The van der Waals surface area contributed by atoms with Crippen molar-refractivity contribution in [3.63, 3.8) is 0 Å². The second-order valence-electron chi connectivity index (χ2n) is 7.72. The molecule has 0 heterocycles. The van der Waals surface area contributed by atoms with Crippen molar-refractivity contribution >= 4 is 33.1 Å². The Kier molecular flexibility index (Phi) is 4.38. The molecule has 0 unspecified atom stereocenters. The number of fused-ring (bicyclic) bond motifs is 2. The fourth-order valence-electron chi connectivity index (χ4n) is 4.21. The van der Waals surface area contributed by atoms with E-state index in [9.17, 15) is 0 Å². The molecule has 0 aliphatic rings. The molecule has 0 spiro atoms. The van der Waals surface area contributed by atoms with Gasteiger partial charge in [-0.25, -0.2) is 0 Å². The van der Waals surface area contributed by atoms with E-state index in [1.54, 1.807) is 0 Å². The molecule has 0 radical (unpaired) electrons. The Morgan fingerprint density at radius 3 is 1.45 bits per heavy atom. The first-order chi connectivity index (χ1) is 14.1. The van der Waals surface area contributed by atoms with Crippen molar-refractivity contribution in [1.82, 2.24) is 0 Å². The van der Waals surface area contributed by atoms with E-state index >= 15 is 0 Å². The molecule has 5 rings (SSSR count). The van der Waals surface area contributed by atoms with Crippen LogP contribution >= 0.6 is 11.6 Å². The SMILES string of the molecule is Cc1ccc(-c2c3ccccc3c(-c3ccc(C)cc3)c3cc(Cl)ccc23)cc1. The number of rotatable bonds is 2. The third-order valence-electron chi connectivity index (χ3n) is 5.67. The van der Waals surface area contributed by atoms with Gasteiger partial charge in [0.15, 0.2) is 0 Å². The van der Waals surface area contributed by atoms with Gasteiger partial charge in [0.2, 0.25) is 0 Å². The van der Waals surface area contributed by atoms with Crippen LogP contribution in [0.2, 0.25) is 5.02 Å². The average Bonchev–Trinajstić information content (AvgIpc) is 2.74. The molecule has 0 amide bonds. The van der Waals surface area contributed by atoms with Crippen LogP contribution in [0.25, 0.3) is 43.8 Å². The molecule has 0 saturated carbocycles. The molecular formula is C28H21Cl. The van der Waals surface area contributed by atoms with Crippen molar-refractivity contribution in [2.45, 2.75) is 13.8 Å². The van der Waals surface area contributed by atoms with E-state index in [2.05, 4.69) is 98.8 Å². The molecule has 0 fully saturated rings. The zero-order valence-corrected chi connectivity index (χ0v) is 17.3. The minimum atomic E-state index is 0.760. The standard InChI is InChI=1S/C28H21Cl/c1-18-7-11-20(12-8-18)27-23-5-3-4-6-24(23)28(21-13-9-19(2)10-14-21)26-17-22(29)15-16-25(26)27/h3-17H,1-2H3. The Bertz CT molecular complexity index is 1340. The Morgan fingerprint density at radius 1 is 0.483 bits per heavy atom. The Balaban J connectivity index is 1.98. The van der Waals surface area contributed by atoms with Gasteiger partial charge in [0.25, 0.3) is 0 Å². The van der Waals surface area contributed by atoms with Gasteiger partial charge in [0, 0.05) is 5.02 Å². The molecule has 0 N–H and O–H groups in total. The summed E-state index contributed by atoms with van der Waals surface area (Å²) in [6.45, 7) is 4.25. The zero-order chi connectivity index (χ0) is 20.0. The fraction of sp³-hybridized carbons (Fsp3) is 0.0714. The molecule has 5 aromatic rings. The lowest BCUT2D eigenvalue weighted by Gasteiger charge is -2.18. The van der Waals surface area contributed by atoms with Crippen LogP contribution in [0, 0.1) is 13.8 Å². The predicted molar refractivity (Wildman–Crippen MR) is 127 cm³/mol. The molecule has 0 aromatic heterocycles. The van der Waals surface area contributed by atoms with Gasteiger partial charge in [0.05, 0.1) is 0 Å². The average molecular weight is 393 g/mol. The van der Waals surface area contributed by atoms with E-state index in [0.717, 1.165) is 5.02 Å². The highest BCUT2D eigenvalue weighted by Gasteiger charge is 2.16. The van der Waals surface area contributed by atoms with Gasteiger partial charge >= 0.3 is 0 Å². The van der Waals surface area contributed by atoms with Crippen molar-refractivity contribution in [2.75, 3.05) is 0 Å². The minimum Gasteiger partial charge on any atom is -0.0843 e. The molecule has 29 heavy (non-hydrogen) atoms. The third kappa shape index (κ3) is 3.10. The summed E-state index contributed by atoms with van der Waals surface area (Å²) in [7, 11) is 0. The van der Waals surface area contributed by atoms with Gasteiger partial charge in [-0.2, -0.15) is 0 Å². The van der Waals surface area contributed by atoms with Crippen LogP contribution in [0.5, 0.6) is 0 Å². The second kappa shape index (κ2) is 7.06. The van der Waals surface area contributed by atoms with Crippen LogP contribution in [0.4, 0.5) is 0 Å². The zero-order valence-electron chi connectivity index (χ0n) is 16.5. The van der Waals surface area contributed by atoms with Gasteiger partial charge in [0.1, 0.15) is 0 Å². The van der Waals surface area contributed by atoms with E-state index in [1.807, 2.05) is 6.07 Å². The molecule has 0 saturated heterocycles. The minimum absolute atomic E-state index is 0.760. The maximum Gasteiger partial charge on any atom is 0.0412 e. The molecular weight excluding hydrogens is 372 g/mol. The maximum atomic E-state index is 6.47. The molecule has 0 atom stereocenters. The van der Waals surface area contributed by atoms with Gasteiger partial charge in [-0.3, -0.25) is 0 Å². The maximum absolute atomic E-state index is 6.47. The first-order valence-corrected chi connectivity index (χ1v) is 10.3. The third-order valence-corrected chi connectivity index (χ3v) is 5.90. The summed E-state index contributed by atoms with van der Waals surface area (Å²) in [6.07, 6.45) is 0. The van der Waals surface area contributed by atoms with Crippen molar-refractivity contribution in [3.8, 4) is 22.3 Å². The van der Waals surface area contributed by atoms with Crippen LogP contribution in [-0.4, -0.2) is 0 Å². The molecule has 0 bridgehead atoms. The van der Waals surface area contributed by atoms with Gasteiger partial charge < -0.3 is 0 Å². The lowest BCUT2D eigenvalue weighted by atomic mass is 9.86. The van der Waals surface area contributed by atoms with E-state index in [0.29, 0.717) is 0 Å². The lowest BCUT2D eigenvalue weighted by Crippen LogP contribution is -1.91. The van der Waals surface area contributed by atoms with Crippen molar-refractivity contribution in [2.24, 2.45) is 0 Å². The van der Waals surface area contributed by atoms with Crippen LogP contribution in [0.15, 0.2) is 91.0 Å². The highest BCUT2D eigenvalue weighted by atomic mass is 35.5. The quantitative estimate of drug-likeness (QED) is 0.264. The summed E-state index contributed by atoms with van der Waals surface area (Å²) in [5.74, 6) is 0. The number of halogens is 1. The van der Waals surface area contributed by atoms with E-state index in [-0.39, 0.29) is 0 Å². The lowest BCUT2D eigenvalue weighted by molar-refractivity contribution is 1.47. The van der Waals surface area contributed by atoms with Crippen LogP contribution in [0.3, 0.4) is 0 Å². The summed E-state index contributed by atoms with van der Waals surface area (Å²) in [5, 5.41) is 5.70. The van der Waals surface area contributed by atoms with E-state index < -0.39 is 0 Å². The predicted octanol–water partition coefficient (Wildman–Crippen LogP) is 8.60. The smallest absolute Gasteiger partial charge is 0.0412 e.